The minimum absolute atomic E-state index is 0.0634. The highest BCUT2D eigenvalue weighted by Gasteiger charge is 2.05. The molecule has 1 amide bonds. The summed E-state index contributed by atoms with van der Waals surface area (Å²) in [4.78, 5) is 12.0. The van der Waals surface area contributed by atoms with Crippen LogP contribution in [0.15, 0.2) is 48.5 Å². The lowest BCUT2D eigenvalue weighted by Crippen LogP contribution is -2.22. The zero-order valence-electron chi connectivity index (χ0n) is 11.1. The molecule has 0 unspecified atom stereocenters. The number of aryl methyl sites for hydroxylation is 1. The molecule has 0 saturated carbocycles. The van der Waals surface area contributed by atoms with Crippen molar-refractivity contribution in [1.82, 2.24) is 5.32 Å². The van der Waals surface area contributed by atoms with Crippen LogP contribution in [-0.2, 0) is 6.54 Å². The number of methoxy groups -OCH3 is 1. The average Bonchev–Trinajstić information content (AvgIpc) is 2.45. The topological polar surface area (TPSA) is 38.3 Å². The van der Waals surface area contributed by atoms with Crippen molar-refractivity contribution in [1.29, 1.82) is 0 Å². The molecule has 0 radical (unpaired) electrons. The number of carbonyl (C=O) groups is 1. The summed E-state index contributed by atoms with van der Waals surface area (Å²) in [5.74, 6) is 0.730. The molecule has 0 spiro atoms. The minimum atomic E-state index is -0.0634. The van der Waals surface area contributed by atoms with Gasteiger partial charge < -0.3 is 10.1 Å². The van der Waals surface area contributed by atoms with E-state index < -0.39 is 0 Å². The zero-order chi connectivity index (χ0) is 13.7. The molecule has 0 atom stereocenters. The fourth-order valence-electron chi connectivity index (χ4n) is 1.85. The second kappa shape index (κ2) is 6.05. The molecule has 0 saturated heterocycles. The van der Waals surface area contributed by atoms with Crippen LogP contribution in [0.5, 0.6) is 5.75 Å². The first-order chi connectivity index (χ1) is 9.19. The van der Waals surface area contributed by atoms with Gasteiger partial charge in [-0.05, 0) is 36.8 Å². The minimum Gasteiger partial charge on any atom is -0.497 e. The number of hydrogen-bond acceptors (Lipinski definition) is 2. The standard InChI is InChI=1S/C16H17NO2/c1-12-5-3-7-14(9-12)16(18)17-11-13-6-4-8-15(10-13)19-2/h3-10H,11H2,1-2H3,(H,17,18). The third-order valence-corrected chi connectivity index (χ3v) is 2.87. The Labute approximate surface area is 113 Å². The first-order valence-corrected chi connectivity index (χ1v) is 6.17. The quantitative estimate of drug-likeness (QED) is 0.912. The number of hydrogen-bond donors (Lipinski definition) is 1. The predicted octanol–water partition coefficient (Wildman–Crippen LogP) is 2.93. The number of ether oxygens (including phenoxy) is 1. The monoisotopic (exact) mass is 255 g/mol. The van der Waals surface area contributed by atoms with Crippen molar-refractivity contribution in [2.75, 3.05) is 7.11 Å². The van der Waals surface area contributed by atoms with Gasteiger partial charge in [-0.2, -0.15) is 0 Å². The molecule has 2 aromatic carbocycles. The van der Waals surface area contributed by atoms with Crippen molar-refractivity contribution in [3.05, 3.63) is 65.2 Å². The Morgan fingerprint density at radius 3 is 2.68 bits per heavy atom. The van der Waals surface area contributed by atoms with Crippen molar-refractivity contribution in [2.24, 2.45) is 0 Å². The van der Waals surface area contributed by atoms with Crippen LogP contribution in [0.4, 0.5) is 0 Å². The molecule has 0 bridgehead atoms. The van der Waals surface area contributed by atoms with Crippen molar-refractivity contribution in [3.8, 4) is 5.75 Å². The highest BCUT2D eigenvalue weighted by Crippen LogP contribution is 2.12. The number of carbonyl (C=O) groups excluding carboxylic acids is 1. The second-order valence-electron chi connectivity index (χ2n) is 4.40. The van der Waals surface area contributed by atoms with Crippen LogP contribution in [0.3, 0.4) is 0 Å². The summed E-state index contributed by atoms with van der Waals surface area (Å²) in [6.07, 6.45) is 0. The summed E-state index contributed by atoms with van der Waals surface area (Å²) >= 11 is 0. The Balaban J connectivity index is 2.00. The predicted molar refractivity (Wildman–Crippen MR) is 75.3 cm³/mol. The molecule has 3 heteroatoms. The molecule has 0 fully saturated rings. The van der Waals surface area contributed by atoms with Gasteiger partial charge in [-0.1, -0.05) is 29.8 Å². The van der Waals surface area contributed by atoms with E-state index >= 15 is 0 Å². The van der Waals surface area contributed by atoms with E-state index in [-0.39, 0.29) is 5.91 Å². The van der Waals surface area contributed by atoms with Crippen molar-refractivity contribution >= 4 is 5.91 Å². The Bertz CT molecular complexity index is 578. The second-order valence-corrected chi connectivity index (χ2v) is 4.40. The van der Waals surface area contributed by atoms with E-state index in [2.05, 4.69) is 5.32 Å². The summed E-state index contributed by atoms with van der Waals surface area (Å²) in [6.45, 7) is 2.46. The molecular weight excluding hydrogens is 238 g/mol. The highest BCUT2D eigenvalue weighted by molar-refractivity contribution is 5.94. The third-order valence-electron chi connectivity index (χ3n) is 2.87. The lowest BCUT2D eigenvalue weighted by molar-refractivity contribution is 0.0951. The number of amides is 1. The van der Waals surface area contributed by atoms with Gasteiger partial charge in [0.25, 0.3) is 5.91 Å². The summed E-state index contributed by atoms with van der Waals surface area (Å²) < 4.78 is 5.15. The molecular formula is C16H17NO2. The van der Waals surface area contributed by atoms with Crippen molar-refractivity contribution < 1.29 is 9.53 Å². The molecule has 1 N–H and O–H groups in total. The largest absolute Gasteiger partial charge is 0.497 e. The van der Waals surface area contributed by atoms with E-state index in [9.17, 15) is 4.79 Å². The van der Waals surface area contributed by atoms with E-state index in [0.717, 1.165) is 16.9 Å². The molecule has 0 heterocycles. The average molecular weight is 255 g/mol. The summed E-state index contributed by atoms with van der Waals surface area (Å²) in [7, 11) is 1.63. The van der Waals surface area contributed by atoms with Crippen molar-refractivity contribution in [2.45, 2.75) is 13.5 Å². The van der Waals surface area contributed by atoms with Gasteiger partial charge in [0.1, 0.15) is 5.75 Å². The maximum absolute atomic E-state index is 12.0. The van der Waals surface area contributed by atoms with E-state index in [1.165, 1.54) is 0 Å². The maximum atomic E-state index is 12.0. The van der Waals surface area contributed by atoms with Gasteiger partial charge >= 0.3 is 0 Å². The van der Waals surface area contributed by atoms with Crippen LogP contribution in [0, 0.1) is 6.92 Å². The van der Waals surface area contributed by atoms with Gasteiger partial charge in [0.2, 0.25) is 0 Å². The summed E-state index contributed by atoms with van der Waals surface area (Å²) in [6, 6.07) is 15.2. The molecule has 0 aromatic heterocycles. The van der Waals surface area contributed by atoms with Crippen LogP contribution in [0.25, 0.3) is 0 Å². The highest BCUT2D eigenvalue weighted by atomic mass is 16.5. The van der Waals surface area contributed by atoms with Gasteiger partial charge in [0, 0.05) is 12.1 Å². The van der Waals surface area contributed by atoms with E-state index in [4.69, 9.17) is 4.74 Å². The molecule has 2 aromatic rings. The summed E-state index contributed by atoms with van der Waals surface area (Å²) in [5, 5.41) is 2.90. The molecule has 98 valence electrons. The van der Waals surface area contributed by atoms with E-state index in [1.807, 2.05) is 55.5 Å². The SMILES string of the molecule is COc1cccc(CNC(=O)c2cccc(C)c2)c1. The lowest BCUT2D eigenvalue weighted by Gasteiger charge is -2.07. The fraction of sp³-hybridized carbons (Fsp3) is 0.188. The Hall–Kier alpha value is -2.29. The van der Waals surface area contributed by atoms with Gasteiger partial charge in [-0.25, -0.2) is 0 Å². The number of nitrogens with one attached hydrogen (secondary N) is 1. The third kappa shape index (κ3) is 3.58. The molecule has 0 aliphatic rings. The van der Waals surface area contributed by atoms with Gasteiger partial charge in [0.15, 0.2) is 0 Å². The number of rotatable bonds is 4. The number of benzene rings is 2. The van der Waals surface area contributed by atoms with Crippen LogP contribution >= 0.6 is 0 Å². The van der Waals surface area contributed by atoms with Crippen LogP contribution < -0.4 is 10.1 Å². The van der Waals surface area contributed by atoms with E-state index in [0.29, 0.717) is 12.1 Å². The molecule has 2 rings (SSSR count). The lowest BCUT2D eigenvalue weighted by atomic mass is 10.1. The van der Waals surface area contributed by atoms with Crippen LogP contribution in [-0.4, -0.2) is 13.0 Å². The molecule has 3 nitrogen and oxygen atoms in total. The Kier molecular flexibility index (Phi) is 4.18. The first kappa shape index (κ1) is 13.1. The fourth-order valence-corrected chi connectivity index (χ4v) is 1.85. The normalized spacial score (nSPS) is 10.0. The van der Waals surface area contributed by atoms with Gasteiger partial charge in [-0.15, -0.1) is 0 Å². The van der Waals surface area contributed by atoms with Crippen molar-refractivity contribution in [3.63, 3.8) is 0 Å². The van der Waals surface area contributed by atoms with Crippen LogP contribution in [0.1, 0.15) is 21.5 Å². The smallest absolute Gasteiger partial charge is 0.251 e. The Morgan fingerprint density at radius 1 is 1.16 bits per heavy atom. The molecule has 19 heavy (non-hydrogen) atoms. The zero-order valence-corrected chi connectivity index (χ0v) is 11.1. The first-order valence-electron chi connectivity index (χ1n) is 6.17. The molecule has 0 aliphatic heterocycles. The Morgan fingerprint density at radius 2 is 1.95 bits per heavy atom. The van der Waals surface area contributed by atoms with Crippen LogP contribution in [0.2, 0.25) is 0 Å². The molecule has 0 aliphatic carbocycles. The van der Waals surface area contributed by atoms with Gasteiger partial charge in [0.05, 0.1) is 7.11 Å². The van der Waals surface area contributed by atoms with E-state index in [1.54, 1.807) is 7.11 Å². The summed E-state index contributed by atoms with van der Waals surface area (Å²) in [5.41, 5.74) is 2.78. The maximum Gasteiger partial charge on any atom is 0.251 e. The van der Waals surface area contributed by atoms with Gasteiger partial charge in [-0.3, -0.25) is 4.79 Å².